The molecule has 1 saturated heterocycles. The van der Waals surface area contributed by atoms with Crippen LogP contribution in [0.5, 0.6) is 0 Å². The zero-order valence-corrected chi connectivity index (χ0v) is 12.4. The Morgan fingerprint density at radius 1 is 1.24 bits per heavy atom. The van der Waals surface area contributed by atoms with Crippen molar-refractivity contribution in [2.45, 2.75) is 33.1 Å². The van der Waals surface area contributed by atoms with E-state index in [-0.39, 0.29) is 13.1 Å². The lowest BCUT2D eigenvalue weighted by molar-refractivity contribution is -0.203. The molecule has 0 aromatic rings. The summed E-state index contributed by atoms with van der Waals surface area (Å²) in [5, 5.41) is 19.7. The summed E-state index contributed by atoms with van der Waals surface area (Å²) in [6, 6.07) is -0.860. The number of carbonyl (C=O) groups is 3. The van der Waals surface area contributed by atoms with E-state index in [0.29, 0.717) is 5.06 Å². The molecule has 1 aliphatic rings. The van der Waals surface area contributed by atoms with E-state index < -0.39 is 35.7 Å². The highest BCUT2D eigenvalue weighted by molar-refractivity contribution is 5.84. The molecule has 0 saturated carbocycles. The van der Waals surface area contributed by atoms with Crippen LogP contribution in [0.1, 0.15) is 20.8 Å². The molecule has 1 rings (SSSR count). The monoisotopic (exact) mass is 304 g/mol. The Bertz CT molecular complexity index is 435. The topological polar surface area (TPSA) is 117 Å². The Kier molecular flexibility index (Phi) is 5.13. The number of ether oxygens (including phenoxy) is 1. The van der Waals surface area contributed by atoms with E-state index in [9.17, 15) is 19.5 Å². The summed E-state index contributed by atoms with van der Waals surface area (Å²) in [5.74, 6) is -2.00. The van der Waals surface area contributed by atoms with Gasteiger partial charge in [-0.05, 0) is 6.92 Å². The van der Waals surface area contributed by atoms with Gasteiger partial charge in [0.15, 0.2) is 6.10 Å². The largest absolute Gasteiger partial charge is 0.466 e. The van der Waals surface area contributed by atoms with E-state index in [0.717, 1.165) is 12.0 Å². The highest BCUT2D eigenvalue weighted by Gasteiger charge is 2.43. The van der Waals surface area contributed by atoms with Crippen LogP contribution in [0.4, 0.5) is 4.79 Å². The van der Waals surface area contributed by atoms with Crippen molar-refractivity contribution in [2.75, 3.05) is 20.2 Å². The summed E-state index contributed by atoms with van der Waals surface area (Å²) in [4.78, 5) is 40.5. The molecule has 120 valence electrons. The van der Waals surface area contributed by atoms with Crippen molar-refractivity contribution in [2.24, 2.45) is 5.41 Å². The third-order valence-corrected chi connectivity index (χ3v) is 2.88. The number of urea groups is 1. The summed E-state index contributed by atoms with van der Waals surface area (Å²) in [6.07, 6.45) is -3.20. The minimum absolute atomic E-state index is 0.0642. The zero-order valence-electron chi connectivity index (χ0n) is 12.4. The van der Waals surface area contributed by atoms with Gasteiger partial charge in [-0.1, -0.05) is 13.8 Å². The van der Waals surface area contributed by atoms with Gasteiger partial charge >= 0.3 is 18.0 Å². The van der Waals surface area contributed by atoms with Gasteiger partial charge in [0.25, 0.3) is 0 Å². The lowest BCUT2D eigenvalue weighted by Gasteiger charge is -2.43. The van der Waals surface area contributed by atoms with Crippen LogP contribution in [0, 0.1) is 5.41 Å². The van der Waals surface area contributed by atoms with Crippen LogP contribution in [0.25, 0.3) is 0 Å². The second-order valence-electron chi connectivity index (χ2n) is 5.59. The second-order valence-corrected chi connectivity index (χ2v) is 5.59. The summed E-state index contributed by atoms with van der Waals surface area (Å²) in [7, 11) is 1.08. The minimum Gasteiger partial charge on any atom is -0.466 e. The van der Waals surface area contributed by atoms with Gasteiger partial charge in [0.2, 0.25) is 6.23 Å². The first-order valence-electron chi connectivity index (χ1n) is 6.33. The standard InChI is InChI=1S/C12H20N2O7/c1-7(15)9(17)21-14-6-12(2,3)5-13(11(14)19)8(16)10(18)20-4/h7-8,15-16H,5-6H2,1-4H3. The average Bonchev–Trinajstić information content (AvgIpc) is 2.40. The van der Waals surface area contributed by atoms with Crippen LogP contribution in [-0.2, 0) is 19.2 Å². The maximum absolute atomic E-state index is 12.2. The maximum Gasteiger partial charge on any atom is 0.360 e. The number of carbonyl (C=O) groups excluding carboxylic acids is 3. The molecule has 2 N–H and O–H groups in total. The van der Waals surface area contributed by atoms with Gasteiger partial charge in [0.05, 0.1) is 13.7 Å². The van der Waals surface area contributed by atoms with Crippen molar-refractivity contribution < 1.29 is 34.2 Å². The van der Waals surface area contributed by atoms with E-state index in [1.165, 1.54) is 6.92 Å². The summed E-state index contributed by atoms with van der Waals surface area (Å²) in [6.45, 7) is 4.86. The Morgan fingerprint density at radius 3 is 2.29 bits per heavy atom. The maximum atomic E-state index is 12.2. The molecule has 0 bridgehead atoms. The van der Waals surface area contributed by atoms with Crippen molar-refractivity contribution in [3.63, 3.8) is 0 Å². The minimum atomic E-state index is -1.80. The van der Waals surface area contributed by atoms with E-state index in [1.54, 1.807) is 13.8 Å². The highest BCUT2D eigenvalue weighted by Crippen LogP contribution is 2.27. The van der Waals surface area contributed by atoms with Crippen LogP contribution in [0.15, 0.2) is 0 Å². The molecular formula is C12H20N2O7. The first-order valence-corrected chi connectivity index (χ1v) is 6.33. The average molecular weight is 304 g/mol. The van der Waals surface area contributed by atoms with Crippen LogP contribution in [0.2, 0.25) is 0 Å². The molecule has 2 unspecified atom stereocenters. The molecule has 0 spiro atoms. The molecule has 2 amide bonds. The van der Waals surface area contributed by atoms with E-state index >= 15 is 0 Å². The molecule has 1 heterocycles. The van der Waals surface area contributed by atoms with Crippen molar-refractivity contribution in [1.82, 2.24) is 9.96 Å². The summed E-state index contributed by atoms with van der Waals surface area (Å²) in [5.41, 5.74) is -0.554. The van der Waals surface area contributed by atoms with Crippen molar-refractivity contribution in [3.8, 4) is 0 Å². The number of hydrogen-bond acceptors (Lipinski definition) is 7. The number of methoxy groups -OCH3 is 1. The normalized spacial score (nSPS) is 20.8. The third-order valence-electron chi connectivity index (χ3n) is 2.88. The number of amides is 2. The number of aliphatic hydroxyl groups excluding tert-OH is 2. The Hall–Kier alpha value is -1.87. The van der Waals surface area contributed by atoms with Gasteiger partial charge in [-0.25, -0.2) is 14.4 Å². The quantitative estimate of drug-likeness (QED) is 0.645. The molecular weight excluding hydrogens is 284 g/mol. The van der Waals surface area contributed by atoms with Gasteiger partial charge in [0, 0.05) is 12.0 Å². The number of rotatable bonds is 4. The van der Waals surface area contributed by atoms with Crippen LogP contribution in [0.3, 0.4) is 0 Å². The van der Waals surface area contributed by atoms with Gasteiger partial charge in [-0.2, -0.15) is 5.06 Å². The Morgan fingerprint density at radius 2 is 1.81 bits per heavy atom. The van der Waals surface area contributed by atoms with E-state index in [2.05, 4.69) is 4.74 Å². The third kappa shape index (κ3) is 4.05. The van der Waals surface area contributed by atoms with E-state index in [1.807, 2.05) is 0 Å². The van der Waals surface area contributed by atoms with Gasteiger partial charge in [0.1, 0.15) is 0 Å². The van der Waals surface area contributed by atoms with Gasteiger partial charge < -0.3 is 19.8 Å². The molecule has 9 nitrogen and oxygen atoms in total. The van der Waals surface area contributed by atoms with Gasteiger partial charge in [-0.3, -0.25) is 4.90 Å². The highest BCUT2D eigenvalue weighted by atomic mass is 16.7. The lowest BCUT2D eigenvalue weighted by Crippen LogP contribution is -2.61. The number of hydroxylamine groups is 2. The van der Waals surface area contributed by atoms with Crippen LogP contribution < -0.4 is 0 Å². The number of hydrogen-bond donors (Lipinski definition) is 2. The Balaban J connectivity index is 2.94. The fraction of sp³-hybridized carbons (Fsp3) is 0.750. The lowest BCUT2D eigenvalue weighted by atomic mass is 9.91. The smallest absolute Gasteiger partial charge is 0.360 e. The molecule has 0 aliphatic carbocycles. The Labute approximate surface area is 122 Å². The van der Waals surface area contributed by atoms with Crippen LogP contribution in [-0.4, -0.2) is 70.7 Å². The predicted molar refractivity (Wildman–Crippen MR) is 68.4 cm³/mol. The molecule has 1 aliphatic heterocycles. The fourth-order valence-corrected chi connectivity index (χ4v) is 1.86. The SMILES string of the molecule is COC(=O)C(O)N1CC(C)(C)CN(OC(=O)C(C)O)C1=O. The van der Waals surface area contributed by atoms with Crippen molar-refractivity contribution >= 4 is 18.0 Å². The molecule has 2 atom stereocenters. The van der Waals surface area contributed by atoms with Crippen molar-refractivity contribution in [3.05, 3.63) is 0 Å². The second kappa shape index (κ2) is 6.27. The summed E-state index contributed by atoms with van der Waals surface area (Å²) >= 11 is 0. The van der Waals surface area contributed by atoms with E-state index in [4.69, 9.17) is 9.94 Å². The van der Waals surface area contributed by atoms with Crippen molar-refractivity contribution in [1.29, 1.82) is 0 Å². The molecule has 0 aromatic carbocycles. The molecule has 0 aromatic heterocycles. The number of esters is 1. The molecule has 1 fully saturated rings. The zero-order chi connectivity index (χ0) is 16.4. The molecule has 21 heavy (non-hydrogen) atoms. The number of nitrogens with zero attached hydrogens (tertiary/aromatic N) is 2. The first kappa shape index (κ1) is 17.2. The predicted octanol–water partition coefficient (Wildman–Crippen LogP) is -0.919. The molecule has 9 heteroatoms. The first-order chi connectivity index (χ1) is 9.59. The fourth-order valence-electron chi connectivity index (χ4n) is 1.86. The van der Waals surface area contributed by atoms with Gasteiger partial charge in [-0.15, -0.1) is 0 Å². The number of aliphatic hydroxyl groups is 2. The molecule has 0 radical (unpaired) electrons. The summed E-state index contributed by atoms with van der Waals surface area (Å²) < 4.78 is 4.39. The van der Waals surface area contributed by atoms with Crippen LogP contribution >= 0.6 is 0 Å².